The standard InChI is InChI=1S/C24H26F3N3O5/c1-23(2,21(31)32)34-18-12-10-16(11-13-18)6-5-9-20-28-30(22(33)29(20)3)15-17-7-4-8-19(14-17)35-24(25,26)27/h4,7-8,10-14H,5-6,9,15H2,1-3H3,(H,31,32). The van der Waals surface area contributed by atoms with Gasteiger partial charge in [-0.05, 0) is 62.1 Å². The predicted octanol–water partition coefficient (Wildman–Crippen LogP) is 3.95. The SMILES string of the molecule is Cn1c(CCCc2ccc(OC(C)(C)C(=O)O)cc2)nn(Cc2cccc(OC(F)(F)F)c2)c1=O. The molecule has 11 heteroatoms. The van der Waals surface area contributed by atoms with Crippen molar-refractivity contribution < 1.29 is 32.5 Å². The lowest BCUT2D eigenvalue weighted by molar-refractivity contribution is -0.274. The molecule has 0 saturated carbocycles. The average molecular weight is 493 g/mol. The van der Waals surface area contributed by atoms with E-state index in [-0.39, 0.29) is 18.0 Å². The van der Waals surface area contributed by atoms with Crippen LogP contribution >= 0.6 is 0 Å². The molecule has 0 amide bonds. The maximum absolute atomic E-state index is 12.5. The molecule has 1 N–H and O–H groups in total. The van der Waals surface area contributed by atoms with Gasteiger partial charge in [0.2, 0.25) is 0 Å². The van der Waals surface area contributed by atoms with Gasteiger partial charge in [0.25, 0.3) is 0 Å². The summed E-state index contributed by atoms with van der Waals surface area (Å²) >= 11 is 0. The van der Waals surface area contributed by atoms with Crippen molar-refractivity contribution >= 4 is 5.97 Å². The smallest absolute Gasteiger partial charge is 0.478 e. The second kappa shape index (κ2) is 10.2. The number of benzene rings is 2. The van der Waals surface area contributed by atoms with Crippen LogP contribution in [0.15, 0.2) is 53.3 Å². The molecule has 3 rings (SSSR count). The Bertz CT molecular complexity index is 1230. The topological polar surface area (TPSA) is 95.6 Å². The highest BCUT2D eigenvalue weighted by atomic mass is 19.4. The molecule has 0 saturated heterocycles. The number of aryl methyl sites for hydroxylation is 2. The van der Waals surface area contributed by atoms with Gasteiger partial charge in [-0.15, -0.1) is 13.2 Å². The first kappa shape index (κ1) is 25.9. The minimum Gasteiger partial charge on any atom is -0.478 e. The first-order chi connectivity index (χ1) is 16.3. The van der Waals surface area contributed by atoms with Gasteiger partial charge in [0.05, 0.1) is 6.54 Å². The van der Waals surface area contributed by atoms with E-state index in [4.69, 9.17) is 9.84 Å². The van der Waals surface area contributed by atoms with Crippen LogP contribution in [0.5, 0.6) is 11.5 Å². The summed E-state index contributed by atoms with van der Waals surface area (Å²) < 4.78 is 49.4. The van der Waals surface area contributed by atoms with Gasteiger partial charge < -0.3 is 14.6 Å². The first-order valence-electron chi connectivity index (χ1n) is 10.8. The van der Waals surface area contributed by atoms with E-state index in [0.29, 0.717) is 36.4 Å². The molecule has 1 aromatic heterocycles. The summed E-state index contributed by atoms with van der Waals surface area (Å²) in [7, 11) is 1.60. The fourth-order valence-electron chi connectivity index (χ4n) is 3.38. The molecule has 1 heterocycles. The second-order valence-corrected chi connectivity index (χ2v) is 8.53. The third-order valence-corrected chi connectivity index (χ3v) is 5.27. The Morgan fingerprint density at radius 3 is 2.31 bits per heavy atom. The molecule has 0 aliphatic heterocycles. The van der Waals surface area contributed by atoms with Crippen molar-refractivity contribution in [3.63, 3.8) is 0 Å². The minimum absolute atomic E-state index is 0.00981. The Hall–Kier alpha value is -3.76. The molecule has 2 aromatic carbocycles. The van der Waals surface area contributed by atoms with Crippen LogP contribution in [0.4, 0.5) is 13.2 Å². The molecule has 3 aromatic rings. The van der Waals surface area contributed by atoms with Crippen molar-refractivity contribution in [3.8, 4) is 11.5 Å². The summed E-state index contributed by atoms with van der Waals surface area (Å²) in [5.74, 6) is -0.413. The highest BCUT2D eigenvalue weighted by molar-refractivity contribution is 5.76. The number of carbonyl (C=O) groups is 1. The Balaban J connectivity index is 1.59. The Morgan fingerprint density at radius 1 is 1.00 bits per heavy atom. The highest BCUT2D eigenvalue weighted by Crippen LogP contribution is 2.23. The molecule has 0 unspecified atom stereocenters. The average Bonchev–Trinajstić information content (AvgIpc) is 3.01. The summed E-state index contributed by atoms with van der Waals surface area (Å²) in [5.41, 5.74) is -0.245. The first-order valence-corrected chi connectivity index (χ1v) is 10.8. The number of hydrogen-bond acceptors (Lipinski definition) is 5. The molecule has 0 bridgehead atoms. The number of aromatic nitrogens is 3. The van der Waals surface area contributed by atoms with E-state index >= 15 is 0 Å². The molecular weight excluding hydrogens is 467 g/mol. The minimum atomic E-state index is -4.80. The van der Waals surface area contributed by atoms with Gasteiger partial charge >= 0.3 is 18.0 Å². The summed E-state index contributed by atoms with van der Waals surface area (Å²) in [6, 6.07) is 12.5. The van der Waals surface area contributed by atoms with Gasteiger partial charge in [0.1, 0.15) is 17.3 Å². The molecule has 0 radical (unpaired) electrons. The third kappa shape index (κ3) is 7.11. The van der Waals surface area contributed by atoms with Gasteiger partial charge in [0.15, 0.2) is 5.60 Å². The number of carboxylic acid groups (broad SMARTS) is 1. The van der Waals surface area contributed by atoms with E-state index < -0.39 is 17.9 Å². The number of aliphatic carboxylic acids is 1. The molecule has 0 aliphatic rings. The molecule has 0 spiro atoms. The van der Waals surface area contributed by atoms with Crippen LogP contribution in [-0.2, 0) is 31.2 Å². The van der Waals surface area contributed by atoms with Crippen molar-refractivity contribution in [1.82, 2.24) is 14.3 Å². The number of alkyl halides is 3. The number of hydrogen-bond donors (Lipinski definition) is 1. The van der Waals surface area contributed by atoms with Gasteiger partial charge in [-0.1, -0.05) is 24.3 Å². The molecular formula is C24H26F3N3O5. The summed E-state index contributed by atoms with van der Waals surface area (Å²) in [6.45, 7) is 2.95. The number of nitrogens with zero attached hydrogens (tertiary/aromatic N) is 3. The Kier molecular flexibility index (Phi) is 7.57. The fourth-order valence-corrected chi connectivity index (χ4v) is 3.38. The number of carboxylic acids is 1. The molecule has 188 valence electrons. The van der Waals surface area contributed by atoms with E-state index in [1.165, 1.54) is 41.3 Å². The summed E-state index contributed by atoms with van der Waals surface area (Å²) in [4.78, 5) is 23.7. The van der Waals surface area contributed by atoms with Crippen LogP contribution in [0.2, 0.25) is 0 Å². The number of ether oxygens (including phenoxy) is 2. The zero-order chi connectivity index (χ0) is 25.8. The van der Waals surface area contributed by atoms with E-state index in [0.717, 1.165) is 5.56 Å². The van der Waals surface area contributed by atoms with Crippen LogP contribution < -0.4 is 15.2 Å². The van der Waals surface area contributed by atoms with E-state index in [1.807, 2.05) is 12.1 Å². The largest absolute Gasteiger partial charge is 0.573 e. The Labute approximate surface area is 199 Å². The third-order valence-electron chi connectivity index (χ3n) is 5.27. The van der Waals surface area contributed by atoms with Crippen LogP contribution in [0.1, 0.15) is 37.2 Å². The zero-order valence-corrected chi connectivity index (χ0v) is 19.5. The van der Waals surface area contributed by atoms with Gasteiger partial charge in [-0.2, -0.15) is 5.10 Å². The summed E-state index contributed by atoms with van der Waals surface area (Å²) in [6.07, 6.45) is -2.89. The zero-order valence-electron chi connectivity index (χ0n) is 19.5. The van der Waals surface area contributed by atoms with Gasteiger partial charge in [-0.3, -0.25) is 4.57 Å². The molecule has 0 aliphatic carbocycles. The van der Waals surface area contributed by atoms with Crippen LogP contribution in [0.3, 0.4) is 0 Å². The maximum atomic E-state index is 12.5. The van der Waals surface area contributed by atoms with Crippen molar-refractivity contribution in [1.29, 1.82) is 0 Å². The molecule has 0 atom stereocenters. The quantitative estimate of drug-likeness (QED) is 0.460. The summed E-state index contributed by atoms with van der Waals surface area (Å²) in [5, 5.41) is 13.5. The van der Waals surface area contributed by atoms with Crippen LogP contribution in [0.25, 0.3) is 0 Å². The molecule has 8 nitrogen and oxygen atoms in total. The van der Waals surface area contributed by atoms with Crippen LogP contribution in [-0.4, -0.2) is 37.4 Å². The molecule has 35 heavy (non-hydrogen) atoms. The van der Waals surface area contributed by atoms with Gasteiger partial charge in [-0.25, -0.2) is 14.3 Å². The van der Waals surface area contributed by atoms with E-state index in [1.54, 1.807) is 25.2 Å². The van der Waals surface area contributed by atoms with Crippen LogP contribution in [0, 0.1) is 0 Å². The second-order valence-electron chi connectivity index (χ2n) is 8.53. The lowest BCUT2D eigenvalue weighted by Crippen LogP contribution is -2.37. The highest BCUT2D eigenvalue weighted by Gasteiger charge is 2.31. The fraction of sp³-hybridized carbons (Fsp3) is 0.375. The monoisotopic (exact) mass is 493 g/mol. The van der Waals surface area contributed by atoms with Crippen molar-refractivity contribution in [2.45, 2.75) is 51.6 Å². The number of rotatable bonds is 10. The van der Waals surface area contributed by atoms with Crippen molar-refractivity contribution in [2.24, 2.45) is 7.05 Å². The van der Waals surface area contributed by atoms with Gasteiger partial charge in [0, 0.05) is 13.5 Å². The Morgan fingerprint density at radius 2 is 1.69 bits per heavy atom. The van der Waals surface area contributed by atoms with E-state index in [9.17, 15) is 22.8 Å². The number of halogens is 3. The van der Waals surface area contributed by atoms with E-state index in [2.05, 4.69) is 9.84 Å². The van der Waals surface area contributed by atoms with Crippen molar-refractivity contribution in [3.05, 3.63) is 76.0 Å². The normalized spacial score (nSPS) is 11.9. The maximum Gasteiger partial charge on any atom is 0.573 e. The lowest BCUT2D eigenvalue weighted by Gasteiger charge is -2.21. The lowest BCUT2D eigenvalue weighted by atomic mass is 10.1. The predicted molar refractivity (Wildman–Crippen MR) is 121 cm³/mol. The van der Waals surface area contributed by atoms with Crippen molar-refractivity contribution in [2.75, 3.05) is 0 Å². The molecule has 0 fully saturated rings.